The third-order valence-electron chi connectivity index (χ3n) is 3.81. The molecular formula is C20H24N4O2. The van der Waals surface area contributed by atoms with Crippen LogP contribution < -0.4 is 5.32 Å². The quantitative estimate of drug-likeness (QED) is 0.717. The SMILES string of the molecule is COCc1cc(NCc2cc(-c3ccccc3)on2)nc(C(C)(C)C)n1. The normalized spacial score (nSPS) is 11.5. The molecule has 0 radical (unpaired) electrons. The van der Waals surface area contributed by atoms with Crippen LogP contribution in [0, 0.1) is 0 Å². The first-order valence-electron chi connectivity index (χ1n) is 8.58. The molecule has 2 heterocycles. The standard InChI is InChI=1S/C20H24N4O2/c1-20(2,3)19-22-16(13-25-4)11-18(23-19)21-12-15-10-17(26-24-15)14-8-6-5-7-9-14/h5-11H,12-13H2,1-4H3,(H,21,22,23). The number of hydrogen-bond acceptors (Lipinski definition) is 6. The Balaban J connectivity index is 1.75. The molecule has 1 aromatic carbocycles. The van der Waals surface area contributed by atoms with Gasteiger partial charge >= 0.3 is 0 Å². The van der Waals surface area contributed by atoms with E-state index in [1.165, 1.54) is 0 Å². The van der Waals surface area contributed by atoms with Crippen LogP contribution in [-0.4, -0.2) is 22.2 Å². The highest BCUT2D eigenvalue weighted by Gasteiger charge is 2.19. The average molecular weight is 352 g/mol. The van der Waals surface area contributed by atoms with E-state index in [1.54, 1.807) is 7.11 Å². The van der Waals surface area contributed by atoms with Gasteiger partial charge in [-0.1, -0.05) is 56.3 Å². The largest absolute Gasteiger partial charge is 0.378 e. The number of aromatic nitrogens is 3. The summed E-state index contributed by atoms with van der Waals surface area (Å²) in [5, 5.41) is 7.44. The van der Waals surface area contributed by atoms with Crippen molar-refractivity contribution in [1.29, 1.82) is 0 Å². The maximum Gasteiger partial charge on any atom is 0.167 e. The minimum Gasteiger partial charge on any atom is -0.378 e. The van der Waals surface area contributed by atoms with Gasteiger partial charge in [0.05, 0.1) is 18.8 Å². The van der Waals surface area contributed by atoms with Gasteiger partial charge in [0.2, 0.25) is 0 Å². The highest BCUT2D eigenvalue weighted by molar-refractivity contribution is 5.57. The fraction of sp³-hybridized carbons (Fsp3) is 0.350. The number of nitrogens with zero attached hydrogens (tertiary/aromatic N) is 3. The highest BCUT2D eigenvalue weighted by atomic mass is 16.5. The van der Waals surface area contributed by atoms with Crippen molar-refractivity contribution in [2.75, 3.05) is 12.4 Å². The number of benzene rings is 1. The summed E-state index contributed by atoms with van der Waals surface area (Å²) in [6, 6.07) is 13.7. The predicted molar refractivity (Wildman–Crippen MR) is 101 cm³/mol. The highest BCUT2D eigenvalue weighted by Crippen LogP contribution is 2.22. The molecule has 0 unspecified atom stereocenters. The first-order chi connectivity index (χ1) is 12.5. The molecule has 1 N–H and O–H groups in total. The van der Waals surface area contributed by atoms with Gasteiger partial charge in [-0.3, -0.25) is 0 Å². The number of hydrogen-bond donors (Lipinski definition) is 1. The molecule has 2 aromatic heterocycles. The Bertz CT molecular complexity index is 854. The molecule has 6 nitrogen and oxygen atoms in total. The van der Waals surface area contributed by atoms with Crippen LogP contribution in [0.4, 0.5) is 5.82 Å². The van der Waals surface area contributed by atoms with E-state index in [4.69, 9.17) is 9.26 Å². The smallest absolute Gasteiger partial charge is 0.167 e. The second kappa shape index (κ2) is 7.66. The van der Waals surface area contributed by atoms with Crippen LogP contribution in [0.2, 0.25) is 0 Å². The van der Waals surface area contributed by atoms with Crippen LogP contribution in [0.3, 0.4) is 0 Å². The molecule has 0 spiro atoms. The second-order valence-electron chi connectivity index (χ2n) is 7.15. The lowest BCUT2D eigenvalue weighted by Crippen LogP contribution is -2.18. The van der Waals surface area contributed by atoms with E-state index in [0.717, 1.165) is 34.4 Å². The number of ether oxygens (including phenoxy) is 1. The van der Waals surface area contributed by atoms with E-state index >= 15 is 0 Å². The van der Waals surface area contributed by atoms with Crippen molar-refractivity contribution in [3.63, 3.8) is 0 Å². The monoisotopic (exact) mass is 352 g/mol. The lowest BCUT2D eigenvalue weighted by atomic mass is 9.95. The third-order valence-corrected chi connectivity index (χ3v) is 3.81. The van der Waals surface area contributed by atoms with Crippen LogP contribution in [0.25, 0.3) is 11.3 Å². The first kappa shape index (κ1) is 18.1. The summed E-state index contributed by atoms with van der Waals surface area (Å²) < 4.78 is 10.7. The number of methoxy groups -OCH3 is 1. The molecule has 26 heavy (non-hydrogen) atoms. The van der Waals surface area contributed by atoms with Gasteiger partial charge in [-0.15, -0.1) is 0 Å². The van der Waals surface area contributed by atoms with Crippen molar-refractivity contribution in [1.82, 2.24) is 15.1 Å². The Kier molecular flexibility index (Phi) is 5.32. The molecule has 3 aromatic rings. The molecule has 0 saturated heterocycles. The minimum absolute atomic E-state index is 0.144. The zero-order valence-electron chi connectivity index (χ0n) is 15.6. The second-order valence-corrected chi connectivity index (χ2v) is 7.15. The Hall–Kier alpha value is -2.73. The van der Waals surface area contributed by atoms with E-state index in [0.29, 0.717) is 13.2 Å². The van der Waals surface area contributed by atoms with E-state index in [9.17, 15) is 0 Å². The van der Waals surface area contributed by atoms with Gasteiger partial charge in [0, 0.05) is 30.2 Å². The van der Waals surface area contributed by atoms with Gasteiger partial charge in [-0.25, -0.2) is 9.97 Å². The topological polar surface area (TPSA) is 73.1 Å². The maximum atomic E-state index is 5.44. The van der Waals surface area contributed by atoms with Crippen molar-refractivity contribution in [2.45, 2.75) is 39.3 Å². The summed E-state index contributed by atoms with van der Waals surface area (Å²) in [7, 11) is 1.66. The van der Waals surface area contributed by atoms with Crippen molar-refractivity contribution in [3.05, 3.63) is 59.7 Å². The van der Waals surface area contributed by atoms with Crippen LogP contribution in [-0.2, 0) is 23.3 Å². The van der Waals surface area contributed by atoms with Crippen LogP contribution >= 0.6 is 0 Å². The molecule has 0 saturated carbocycles. The molecule has 0 aliphatic carbocycles. The van der Waals surface area contributed by atoms with Crippen molar-refractivity contribution < 1.29 is 9.26 Å². The molecule has 0 bridgehead atoms. The molecular weight excluding hydrogens is 328 g/mol. The van der Waals surface area contributed by atoms with Crippen molar-refractivity contribution in [2.24, 2.45) is 0 Å². The third kappa shape index (κ3) is 4.46. The van der Waals surface area contributed by atoms with Crippen LogP contribution in [0.1, 0.15) is 38.0 Å². The van der Waals surface area contributed by atoms with Gasteiger partial charge in [0.15, 0.2) is 5.76 Å². The minimum atomic E-state index is -0.144. The molecule has 0 amide bonds. The molecule has 0 atom stereocenters. The zero-order chi connectivity index (χ0) is 18.6. The molecule has 0 fully saturated rings. The van der Waals surface area contributed by atoms with E-state index in [2.05, 4.69) is 41.2 Å². The fourth-order valence-corrected chi connectivity index (χ4v) is 2.46. The van der Waals surface area contributed by atoms with E-state index in [-0.39, 0.29) is 5.41 Å². The summed E-state index contributed by atoms with van der Waals surface area (Å²) >= 11 is 0. The van der Waals surface area contributed by atoms with Crippen LogP contribution in [0.5, 0.6) is 0 Å². The summed E-state index contributed by atoms with van der Waals surface area (Å²) in [5.74, 6) is 2.28. The zero-order valence-corrected chi connectivity index (χ0v) is 15.6. The summed E-state index contributed by atoms with van der Waals surface area (Å²) in [6.45, 7) is 7.23. The molecule has 3 rings (SSSR count). The molecule has 0 aliphatic heterocycles. The van der Waals surface area contributed by atoms with Gasteiger partial charge in [0.25, 0.3) is 0 Å². The average Bonchev–Trinajstić information content (AvgIpc) is 3.09. The van der Waals surface area contributed by atoms with Crippen molar-refractivity contribution >= 4 is 5.82 Å². The van der Waals surface area contributed by atoms with E-state index < -0.39 is 0 Å². The number of anilines is 1. The number of rotatable bonds is 6. The van der Waals surface area contributed by atoms with Crippen LogP contribution in [0.15, 0.2) is 47.0 Å². The van der Waals surface area contributed by atoms with Gasteiger partial charge in [0.1, 0.15) is 17.3 Å². The lowest BCUT2D eigenvalue weighted by molar-refractivity contribution is 0.181. The lowest BCUT2D eigenvalue weighted by Gasteiger charge is -2.18. The Morgan fingerprint density at radius 1 is 1.04 bits per heavy atom. The fourth-order valence-electron chi connectivity index (χ4n) is 2.46. The Morgan fingerprint density at radius 2 is 1.81 bits per heavy atom. The Morgan fingerprint density at radius 3 is 2.50 bits per heavy atom. The molecule has 136 valence electrons. The summed E-state index contributed by atoms with van der Waals surface area (Å²) in [6.07, 6.45) is 0. The first-order valence-corrected chi connectivity index (χ1v) is 8.58. The molecule has 6 heteroatoms. The van der Waals surface area contributed by atoms with E-state index in [1.807, 2.05) is 42.5 Å². The number of nitrogens with one attached hydrogen (secondary N) is 1. The summed E-state index contributed by atoms with van der Waals surface area (Å²) in [4.78, 5) is 9.21. The van der Waals surface area contributed by atoms with Gasteiger partial charge < -0.3 is 14.6 Å². The maximum absolute atomic E-state index is 5.44. The summed E-state index contributed by atoms with van der Waals surface area (Å²) in [5.41, 5.74) is 2.52. The van der Waals surface area contributed by atoms with Gasteiger partial charge in [-0.2, -0.15) is 0 Å². The predicted octanol–water partition coefficient (Wildman–Crippen LogP) is 4.19. The van der Waals surface area contributed by atoms with Gasteiger partial charge in [-0.05, 0) is 0 Å². The Labute approximate surface area is 153 Å². The van der Waals surface area contributed by atoms with Crippen molar-refractivity contribution in [3.8, 4) is 11.3 Å². The molecule has 0 aliphatic rings.